The quantitative estimate of drug-likeness (QED) is 0.930. The van der Waals surface area contributed by atoms with Crippen molar-refractivity contribution in [2.45, 2.75) is 32.6 Å². The average molecular weight is 275 g/mol. The van der Waals surface area contributed by atoms with E-state index in [1.807, 2.05) is 17.5 Å². The summed E-state index contributed by atoms with van der Waals surface area (Å²) in [6.07, 6.45) is 0.757. The van der Waals surface area contributed by atoms with Crippen molar-refractivity contribution in [3.63, 3.8) is 0 Å². The number of carboxylic acids is 1. The van der Waals surface area contributed by atoms with Gasteiger partial charge in [0.2, 0.25) is 0 Å². The molecule has 0 unspecified atom stereocenters. The summed E-state index contributed by atoms with van der Waals surface area (Å²) in [6.45, 7) is 5.44. The first kappa shape index (κ1) is 13.7. The number of rotatable bonds is 4. The van der Waals surface area contributed by atoms with Crippen molar-refractivity contribution in [2.75, 3.05) is 0 Å². The van der Waals surface area contributed by atoms with Gasteiger partial charge in [-0.3, -0.25) is 4.79 Å². The van der Waals surface area contributed by atoms with Crippen molar-refractivity contribution < 1.29 is 9.90 Å². The van der Waals surface area contributed by atoms with Crippen LogP contribution >= 0.6 is 11.3 Å². The lowest BCUT2D eigenvalue weighted by Gasteiger charge is -2.15. The Labute approximate surface area is 116 Å². The second kappa shape index (κ2) is 5.13. The van der Waals surface area contributed by atoms with Gasteiger partial charge in [0.05, 0.1) is 10.7 Å². The number of thiazole rings is 1. The molecule has 0 amide bonds. The van der Waals surface area contributed by atoms with Crippen LogP contribution in [0.4, 0.5) is 0 Å². The van der Waals surface area contributed by atoms with Gasteiger partial charge < -0.3 is 5.11 Å². The number of benzene rings is 1. The van der Waals surface area contributed by atoms with Crippen molar-refractivity contribution >= 4 is 17.3 Å². The molecule has 1 aromatic carbocycles. The maximum absolute atomic E-state index is 11.2. The minimum atomic E-state index is -0.930. The highest BCUT2D eigenvalue weighted by Gasteiger charge is 2.32. The molecule has 0 aliphatic rings. The molecule has 0 radical (unpaired) electrons. The summed E-state index contributed by atoms with van der Waals surface area (Å²) in [5, 5.41) is 12.0. The van der Waals surface area contributed by atoms with Crippen LogP contribution in [-0.2, 0) is 16.6 Å². The molecule has 100 valence electrons. The van der Waals surface area contributed by atoms with Crippen LogP contribution in [0.25, 0.3) is 0 Å². The molecule has 0 saturated heterocycles. The van der Waals surface area contributed by atoms with Crippen LogP contribution in [0.2, 0.25) is 0 Å². The predicted octanol–water partition coefficient (Wildman–Crippen LogP) is 3.40. The summed E-state index contributed by atoms with van der Waals surface area (Å²) < 4.78 is 0. The van der Waals surface area contributed by atoms with Crippen LogP contribution in [0.5, 0.6) is 0 Å². The molecule has 4 heteroatoms. The molecule has 0 spiro atoms. The van der Waals surface area contributed by atoms with Gasteiger partial charge in [-0.05, 0) is 31.9 Å². The van der Waals surface area contributed by atoms with Gasteiger partial charge in [0.1, 0.15) is 5.41 Å². The van der Waals surface area contributed by atoms with E-state index in [2.05, 4.69) is 24.0 Å². The number of hydrogen-bond donors (Lipinski definition) is 1. The number of aromatic nitrogens is 1. The van der Waals surface area contributed by atoms with Gasteiger partial charge in [-0.1, -0.05) is 24.3 Å². The Morgan fingerprint density at radius 2 is 2.05 bits per heavy atom. The van der Waals surface area contributed by atoms with Crippen LogP contribution < -0.4 is 0 Å². The lowest BCUT2D eigenvalue weighted by atomic mass is 9.90. The molecule has 1 heterocycles. The van der Waals surface area contributed by atoms with Gasteiger partial charge in [-0.15, -0.1) is 11.3 Å². The first-order valence-electron chi connectivity index (χ1n) is 6.14. The summed E-state index contributed by atoms with van der Waals surface area (Å²) in [7, 11) is 0. The van der Waals surface area contributed by atoms with Crippen molar-refractivity contribution in [1.29, 1.82) is 0 Å². The third kappa shape index (κ3) is 2.84. The minimum absolute atomic E-state index is 0.633. The molecular weight excluding hydrogens is 258 g/mol. The predicted molar refractivity (Wildman–Crippen MR) is 76.8 cm³/mol. The second-order valence-corrected chi connectivity index (χ2v) is 6.10. The summed E-state index contributed by atoms with van der Waals surface area (Å²) in [5.41, 5.74) is 2.17. The summed E-state index contributed by atoms with van der Waals surface area (Å²) in [6, 6.07) is 8.18. The molecule has 2 rings (SSSR count). The summed E-state index contributed by atoms with van der Waals surface area (Å²) in [5.74, 6) is -0.847. The van der Waals surface area contributed by atoms with Gasteiger partial charge in [-0.25, -0.2) is 4.98 Å². The van der Waals surface area contributed by atoms with Gasteiger partial charge >= 0.3 is 5.97 Å². The fourth-order valence-corrected chi connectivity index (χ4v) is 2.74. The van der Waals surface area contributed by atoms with Gasteiger partial charge in [-0.2, -0.15) is 0 Å². The molecule has 2 aromatic rings. The van der Waals surface area contributed by atoms with E-state index in [1.165, 1.54) is 22.5 Å². The van der Waals surface area contributed by atoms with Crippen molar-refractivity contribution in [3.05, 3.63) is 51.5 Å². The van der Waals surface area contributed by atoms with E-state index in [-0.39, 0.29) is 0 Å². The number of hydrogen-bond acceptors (Lipinski definition) is 3. The summed E-state index contributed by atoms with van der Waals surface area (Å²) in [4.78, 5) is 15.7. The second-order valence-electron chi connectivity index (χ2n) is 5.16. The van der Waals surface area contributed by atoms with Gasteiger partial charge in [0.25, 0.3) is 0 Å². The molecular formula is C15H17NO2S. The molecule has 1 N–H and O–H groups in total. The van der Waals surface area contributed by atoms with Crippen molar-refractivity contribution in [3.8, 4) is 0 Å². The smallest absolute Gasteiger partial charge is 0.315 e. The number of carbonyl (C=O) groups is 1. The zero-order valence-corrected chi connectivity index (χ0v) is 12.1. The largest absolute Gasteiger partial charge is 0.481 e. The highest BCUT2D eigenvalue weighted by molar-refractivity contribution is 7.09. The first-order chi connectivity index (χ1) is 8.91. The summed E-state index contributed by atoms with van der Waals surface area (Å²) >= 11 is 1.52. The number of aliphatic carboxylic acids is 1. The Kier molecular flexibility index (Phi) is 3.71. The van der Waals surface area contributed by atoms with E-state index >= 15 is 0 Å². The highest BCUT2D eigenvalue weighted by Crippen LogP contribution is 2.26. The van der Waals surface area contributed by atoms with E-state index in [1.54, 1.807) is 13.8 Å². The van der Waals surface area contributed by atoms with Crippen LogP contribution in [0.3, 0.4) is 0 Å². The Morgan fingerprint density at radius 3 is 2.68 bits per heavy atom. The first-order valence-corrected chi connectivity index (χ1v) is 7.02. The van der Waals surface area contributed by atoms with E-state index in [0.717, 1.165) is 11.4 Å². The van der Waals surface area contributed by atoms with Crippen molar-refractivity contribution in [1.82, 2.24) is 4.98 Å². The molecule has 19 heavy (non-hydrogen) atoms. The topological polar surface area (TPSA) is 50.2 Å². The van der Waals surface area contributed by atoms with E-state index in [9.17, 15) is 9.90 Å². The Bertz CT molecular complexity index is 602. The molecule has 0 saturated carbocycles. The molecule has 1 aromatic heterocycles. The molecule has 3 nitrogen and oxygen atoms in total. The molecule has 0 fully saturated rings. The Hall–Kier alpha value is -1.68. The minimum Gasteiger partial charge on any atom is -0.481 e. The fraction of sp³-hybridized carbons (Fsp3) is 0.333. The Morgan fingerprint density at radius 1 is 1.37 bits per heavy atom. The zero-order valence-electron chi connectivity index (χ0n) is 11.3. The third-order valence-corrected chi connectivity index (χ3v) is 4.18. The van der Waals surface area contributed by atoms with Crippen molar-refractivity contribution in [2.24, 2.45) is 0 Å². The molecule has 0 bridgehead atoms. The SMILES string of the molecule is Cc1ccccc1Cc1nc(C(C)(C)C(=O)O)cs1. The van der Waals surface area contributed by atoms with Crippen LogP contribution in [0.1, 0.15) is 35.7 Å². The lowest BCUT2D eigenvalue weighted by Crippen LogP contribution is -2.28. The maximum atomic E-state index is 11.2. The monoisotopic (exact) mass is 275 g/mol. The third-order valence-electron chi connectivity index (χ3n) is 3.33. The number of aryl methyl sites for hydroxylation is 1. The van der Waals surface area contributed by atoms with Crippen LogP contribution in [0, 0.1) is 6.92 Å². The molecule has 0 atom stereocenters. The average Bonchev–Trinajstić information content (AvgIpc) is 2.81. The highest BCUT2D eigenvalue weighted by atomic mass is 32.1. The number of nitrogens with zero attached hydrogens (tertiary/aromatic N) is 1. The Balaban J connectivity index is 2.23. The maximum Gasteiger partial charge on any atom is 0.315 e. The van der Waals surface area contributed by atoms with E-state index < -0.39 is 11.4 Å². The van der Waals surface area contributed by atoms with E-state index in [0.29, 0.717) is 5.69 Å². The molecule has 0 aliphatic heterocycles. The van der Waals surface area contributed by atoms with Crippen LogP contribution in [0.15, 0.2) is 29.6 Å². The van der Waals surface area contributed by atoms with Crippen LogP contribution in [-0.4, -0.2) is 16.1 Å². The number of carboxylic acid groups (broad SMARTS) is 1. The standard InChI is InChI=1S/C15H17NO2S/c1-10-6-4-5-7-11(10)8-13-16-12(9-19-13)15(2,3)14(17)18/h4-7,9H,8H2,1-3H3,(H,17,18). The van der Waals surface area contributed by atoms with Gasteiger partial charge in [0, 0.05) is 11.8 Å². The lowest BCUT2D eigenvalue weighted by molar-refractivity contribution is -0.142. The van der Waals surface area contributed by atoms with E-state index in [4.69, 9.17) is 0 Å². The fourth-order valence-electron chi connectivity index (χ4n) is 1.76. The normalized spacial score (nSPS) is 11.5. The van der Waals surface area contributed by atoms with Gasteiger partial charge in [0.15, 0.2) is 0 Å². The zero-order chi connectivity index (χ0) is 14.0. The molecule has 0 aliphatic carbocycles.